The third kappa shape index (κ3) is 3.71. The van der Waals surface area contributed by atoms with Crippen LogP contribution >= 0.6 is 0 Å². The predicted octanol–water partition coefficient (Wildman–Crippen LogP) is 2.47. The number of carbonyl (C=O) groups excluding carboxylic acids is 1. The highest BCUT2D eigenvalue weighted by molar-refractivity contribution is 6.01. The highest BCUT2D eigenvalue weighted by Gasteiger charge is 2.28. The molecular formula is C19H25N3O4. The van der Waals surface area contributed by atoms with Crippen LogP contribution in [-0.4, -0.2) is 55.2 Å². The summed E-state index contributed by atoms with van der Waals surface area (Å²) in [5.41, 5.74) is 1.35. The van der Waals surface area contributed by atoms with Gasteiger partial charge in [0.15, 0.2) is 0 Å². The van der Waals surface area contributed by atoms with E-state index in [9.17, 15) is 4.79 Å². The van der Waals surface area contributed by atoms with Gasteiger partial charge in [-0.15, -0.1) is 0 Å². The van der Waals surface area contributed by atoms with Crippen molar-refractivity contribution in [1.82, 2.24) is 4.98 Å². The van der Waals surface area contributed by atoms with E-state index in [0.29, 0.717) is 53.8 Å². The van der Waals surface area contributed by atoms with Gasteiger partial charge in [-0.05, 0) is 24.0 Å². The van der Waals surface area contributed by atoms with Crippen molar-refractivity contribution in [3.63, 3.8) is 0 Å². The van der Waals surface area contributed by atoms with Crippen LogP contribution in [0.25, 0.3) is 0 Å². The molecule has 7 nitrogen and oxygen atoms in total. The number of esters is 1. The minimum Gasteiger partial charge on any atom is -0.474 e. The van der Waals surface area contributed by atoms with E-state index in [1.54, 1.807) is 12.1 Å². The molecule has 0 saturated carbocycles. The van der Waals surface area contributed by atoms with Crippen molar-refractivity contribution in [2.45, 2.75) is 39.8 Å². The molecule has 0 spiro atoms. The third-order valence-corrected chi connectivity index (χ3v) is 4.57. The topological polar surface area (TPSA) is 82.4 Å². The fraction of sp³-hybridized carbons (Fsp3) is 0.579. The number of aliphatic imine (C=N–C) groups is 2. The number of methoxy groups -OCH3 is 1. The predicted molar refractivity (Wildman–Crippen MR) is 97.8 cm³/mol. The summed E-state index contributed by atoms with van der Waals surface area (Å²) in [7, 11) is 1.35. The van der Waals surface area contributed by atoms with Crippen LogP contribution in [0.1, 0.15) is 49.4 Å². The Bertz CT molecular complexity index is 703. The summed E-state index contributed by atoms with van der Waals surface area (Å²) in [6.45, 7) is 9.40. The Kier molecular flexibility index (Phi) is 5.25. The van der Waals surface area contributed by atoms with Crippen molar-refractivity contribution in [3.8, 4) is 0 Å². The Morgan fingerprint density at radius 3 is 1.81 bits per heavy atom. The quantitative estimate of drug-likeness (QED) is 0.754. The zero-order valence-corrected chi connectivity index (χ0v) is 15.9. The Balaban J connectivity index is 1.99. The maximum atomic E-state index is 12.1. The van der Waals surface area contributed by atoms with Crippen molar-refractivity contribution >= 4 is 17.8 Å². The summed E-state index contributed by atoms with van der Waals surface area (Å²) in [4.78, 5) is 25.9. The fourth-order valence-electron chi connectivity index (χ4n) is 2.73. The van der Waals surface area contributed by atoms with Crippen LogP contribution in [0.4, 0.5) is 0 Å². The first-order valence-corrected chi connectivity index (χ1v) is 8.91. The second-order valence-electron chi connectivity index (χ2n) is 7.23. The Morgan fingerprint density at radius 1 is 1.00 bits per heavy atom. The van der Waals surface area contributed by atoms with Crippen LogP contribution in [0, 0.1) is 11.8 Å². The summed E-state index contributed by atoms with van der Waals surface area (Å²) in [5, 5.41) is 0. The van der Waals surface area contributed by atoms with Crippen LogP contribution in [0.3, 0.4) is 0 Å². The largest absolute Gasteiger partial charge is 0.474 e. The second-order valence-corrected chi connectivity index (χ2v) is 7.23. The van der Waals surface area contributed by atoms with E-state index in [0.717, 1.165) is 0 Å². The van der Waals surface area contributed by atoms with Crippen molar-refractivity contribution in [2.75, 3.05) is 20.3 Å². The number of rotatable bonds is 5. The van der Waals surface area contributed by atoms with Gasteiger partial charge in [-0.2, -0.15) is 0 Å². The molecule has 26 heavy (non-hydrogen) atoms. The van der Waals surface area contributed by atoms with Crippen LogP contribution in [0.15, 0.2) is 22.1 Å². The van der Waals surface area contributed by atoms with Gasteiger partial charge in [0, 0.05) is 0 Å². The Hall–Kier alpha value is -2.44. The first-order valence-electron chi connectivity index (χ1n) is 8.91. The molecule has 1 aromatic heterocycles. The van der Waals surface area contributed by atoms with Gasteiger partial charge in [0.1, 0.15) is 24.6 Å². The second kappa shape index (κ2) is 7.43. The monoisotopic (exact) mass is 359 g/mol. The smallest absolute Gasteiger partial charge is 0.338 e. The van der Waals surface area contributed by atoms with Crippen LogP contribution in [0.5, 0.6) is 0 Å². The zero-order chi connectivity index (χ0) is 18.8. The molecule has 0 bridgehead atoms. The lowest BCUT2D eigenvalue weighted by Crippen LogP contribution is -2.14. The average Bonchev–Trinajstić information content (AvgIpc) is 3.30. The number of nitrogens with zero attached hydrogens (tertiary/aromatic N) is 3. The summed E-state index contributed by atoms with van der Waals surface area (Å²) in [5.74, 6) is 1.16. The number of aromatic nitrogens is 1. The number of pyridine rings is 1. The van der Waals surface area contributed by atoms with Crippen LogP contribution < -0.4 is 0 Å². The number of hydrogen-bond acceptors (Lipinski definition) is 7. The zero-order valence-electron chi connectivity index (χ0n) is 15.9. The van der Waals surface area contributed by atoms with Crippen molar-refractivity contribution in [1.29, 1.82) is 0 Å². The summed E-state index contributed by atoms with van der Waals surface area (Å²) >= 11 is 0. The van der Waals surface area contributed by atoms with Crippen molar-refractivity contribution in [3.05, 3.63) is 29.1 Å². The molecule has 1 aromatic rings. The van der Waals surface area contributed by atoms with Gasteiger partial charge in [0.05, 0.1) is 24.8 Å². The first kappa shape index (κ1) is 18.4. The molecule has 2 atom stereocenters. The minimum atomic E-state index is -0.451. The van der Waals surface area contributed by atoms with Gasteiger partial charge in [0.2, 0.25) is 11.8 Å². The molecule has 0 N–H and O–H groups in total. The van der Waals surface area contributed by atoms with Gasteiger partial charge >= 0.3 is 5.97 Å². The third-order valence-electron chi connectivity index (χ3n) is 4.57. The van der Waals surface area contributed by atoms with E-state index >= 15 is 0 Å². The standard InChI is InChI=1S/C19H25N3O4/c1-10(2)15-8-25-17(21-15)13-6-12(19(23)24-5)7-14(20-13)18-22-16(9-26-18)11(3)4/h6-7,10-11,15-16H,8-9H2,1-5H3. The van der Waals surface area contributed by atoms with E-state index in [1.165, 1.54) is 7.11 Å². The van der Waals surface area contributed by atoms with E-state index in [4.69, 9.17) is 14.2 Å². The summed E-state index contributed by atoms with van der Waals surface area (Å²) in [6.07, 6.45) is 0. The number of hydrogen-bond donors (Lipinski definition) is 0. The molecule has 2 aliphatic heterocycles. The molecule has 0 aliphatic carbocycles. The van der Waals surface area contributed by atoms with Crippen LogP contribution in [0.2, 0.25) is 0 Å². The molecule has 7 heteroatoms. The van der Waals surface area contributed by atoms with Crippen LogP contribution in [-0.2, 0) is 14.2 Å². The summed E-state index contributed by atoms with van der Waals surface area (Å²) in [6, 6.07) is 3.43. The molecule has 0 radical (unpaired) electrons. The molecule has 0 fully saturated rings. The molecule has 3 heterocycles. The lowest BCUT2D eigenvalue weighted by molar-refractivity contribution is 0.0600. The normalized spacial score (nSPS) is 22.1. The molecule has 3 rings (SSSR count). The van der Waals surface area contributed by atoms with E-state index < -0.39 is 5.97 Å². The van der Waals surface area contributed by atoms with E-state index in [2.05, 4.69) is 42.7 Å². The number of ether oxygens (including phenoxy) is 3. The minimum absolute atomic E-state index is 0.0856. The van der Waals surface area contributed by atoms with Crippen molar-refractivity contribution in [2.24, 2.45) is 21.8 Å². The average molecular weight is 359 g/mol. The lowest BCUT2D eigenvalue weighted by Gasteiger charge is -2.08. The maximum Gasteiger partial charge on any atom is 0.338 e. The van der Waals surface area contributed by atoms with Gasteiger partial charge < -0.3 is 14.2 Å². The molecule has 0 saturated heterocycles. The van der Waals surface area contributed by atoms with Gasteiger partial charge in [0.25, 0.3) is 0 Å². The first-order chi connectivity index (χ1) is 12.4. The van der Waals surface area contributed by atoms with E-state index in [-0.39, 0.29) is 12.1 Å². The molecule has 140 valence electrons. The molecule has 0 aromatic carbocycles. The highest BCUT2D eigenvalue weighted by Crippen LogP contribution is 2.21. The fourth-order valence-corrected chi connectivity index (χ4v) is 2.73. The Labute approximate surface area is 153 Å². The van der Waals surface area contributed by atoms with Gasteiger partial charge in [-0.25, -0.2) is 19.8 Å². The molecule has 0 amide bonds. The Morgan fingerprint density at radius 2 is 1.46 bits per heavy atom. The molecule has 2 unspecified atom stereocenters. The lowest BCUT2D eigenvalue weighted by atomic mass is 10.1. The summed E-state index contributed by atoms with van der Waals surface area (Å²) < 4.78 is 16.3. The van der Waals surface area contributed by atoms with Gasteiger partial charge in [-0.3, -0.25) is 0 Å². The maximum absolute atomic E-state index is 12.1. The molecule has 2 aliphatic rings. The molecular weight excluding hydrogens is 334 g/mol. The highest BCUT2D eigenvalue weighted by atomic mass is 16.5. The van der Waals surface area contributed by atoms with E-state index in [1.807, 2.05) is 0 Å². The number of carbonyl (C=O) groups is 1. The SMILES string of the molecule is COC(=O)c1cc(C2=NC(C(C)C)CO2)nc(C2=NC(C(C)C)CO2)c1. The van der Waals surface area contributed by atoms with Gasteiger partial charge in [-0.1, -0.05) is 27.7 Å². The van der Waals surface area contributed by atoms with Crippen molar-refractivity contribution < 1.29 is 19.0 Å².